The summed E-state index contributed by atoms with van der Waals surface area (Å²) in [5.41, 5.74) is 0. The minimum absolute atomic E-state index is 0.767. The van der Waals surface area contributed by atoms with E-state index >= 15 is 0 Å². The second kappa shape index (κ2) is 8.13. The van der Waals surface area contributed by atoms with Gasteiger partial charge in [-0.05, 0) is 77.8 Å². The lowest BCUT2D eigenvalue weighted by Gasteiger charge is -2.26. The van der Waals surface area contributed by atoms with Crippen LogP contribution in [0.1, 0.15) is 45.4 Å². The maximum absolute atomic E-state index is 3.62. The predicted molar refractivity (Wildman–Crippen MR) is 78.0 cm³/mol. The highest BCUT2D eigenvalue weighted by atomic mass is 15.2. The molecule has 2 saturated heterocycles. The van der Waals surface area contributed by atoms with Crippen molar-refractivity contribution in [2.75, 3.05) is 45.8 Å². The molecule has 3 heteroatoms. The van der Waals surface area contributed by atoms with Gasteiger partial charge in [-0.15, -0.1) is 0 Å². The molecule has 1 atom stereocenters. The maximum Gasteiger partial charge on any atom is 0.0195 e. The third-order valence-corrected chi connectivity index (χ3v) is 4.33. The van der Waals surface area contributed by atoms with E-state index in [0.717, 1.165) is 6.04 Å². The molecule has 0 aromatic carbocycles. The van der Waals surface area contributed by atoms with Crippen LogP contribution in [0.3, 0.4) is 0 Å². The van der Waals surface area contributed by atoms with Crippen LogP contribution in [0.5, 0.6) is 0 Å². The van der Waals surface area contributed by atoms with E-state index in [1.807, 2.05) is 0 Å². The molecule has 0 bridgehead atoms. The summed E-state index contributed by atoms with van der Waals surface area (Å²) in [6, 6.07) is 0.767. The van der Waals surface area contributed by atoms with Crippen molar-refractivity contribution >= 4 is 0 Å². The number of rotatable bonds is 8. The Labute approximate surface area is 113 Å². The van der Waals surface area contributed by atoms with E-state index in [-0.39, 0.29) is 0 Å². The van der Waals surface area contributed by atoms with Crippen molar-refractivity contribution in [3.8, 4) is 0 Å². The van der Waals surface area contributed by atoms with Gasteiger partial charge in [-0.1, -0.05) is 6.92 Å². The smallest absolute Gasteiger partial charge is 0.0195 e. The minimum atomic E-state index is 0.767. The lowest BCUT2D eigenvalue weighted by Crippen LogP contribution is -2.39. The highest BCUT2D eigenvalue weighted by molar-refractivity contribution is 4.78. The summed E-state index contributed by atoms with van der Waals surface area (Å²) in [7, 11) is 0. The molecule has 2 fully saturated rings. The minimum Gasteiger partial charge on any atom is -0.313 e. The number of nitrogens with one attached hydrogen (secondary N) is 1. The zero-order valence-corrected chi connectivity index (χ0v) is 12.2. The predicted octanol–water partition coefficient (Wildman–Crippen LogP) is 1.94. The normalized spacial score (nSPS) is 25.3. The second-order valence-electron chi connectivity index (χ2n) is 6.00. The molecule has 0 aromatic rings. The average molecular weight is 253 g/mol. The fourth-order valence-corrected chi connectivity index (χ4v) is 3.36. The van der Waals surface area contributed by atoms with Gasteiger partial charge in [0.15, 0.2) is 0 Å². The zero-order chi connectivity index (χ0) is 12.6. The fourth-order valence-electron chi connectivity index (χ4n) is 3.36. The summed E-state index contributed by atoms with van der Waals surface area (Å²) < 4.78 is 0. The van der Waals surface area contributed by atoms with Crippen LogP contribution in [0.25, 0.3) is 0 Å². The number of nitrogens with zero attached hydrogens (tertiary/aromatic N) is 2. The Morgan fingerprint density at radius 3 is 2.67 bits per heavy atom. The molecular formula is C15H31N3. The van der Waals surface area contributed by atoms with Gasteiger partial charge in [0.25, 0.3) is 0 Å². The maximum atomic E-state index is 3.62. The summed E-state index contributed by atoms with van der Waals surface area (Å²) in [6.45, 7) is 11.4. The van der Waals surface area contributed by atoms with Gasteiger partial charge in [0.05, 0.1) is 0 Å². The van der Waals surface area contributed by atoms with Crippen molar-refractivity contribution in [1.82, 2.24) is 15.1 Å². The quantitative estimate of drug-likeness (QED) is 0.713. The summed E-state index contributed by atoms with van der Waals surface area (Å²) in [5.74, 6) is 0. The molecule has 106 valence electrons. The van der Waals surface area contributed by atoms with Gasteiger partial charge in [0.2, 0.25) is 0 Å². The van der Waals surface area contributed by atoms with Gasteiger partial charge in [-0.25, -0.2) is 0 Å². The molecule has 2 rings (SSSR count). The summed E-state index contributed by atoms with van der Waals surface area (Å²) in [6.07, 6.45) is 8.24. The first kappa shape index (κ1) is 14.3. The summed E-state index contributed by atoms with van der Waals surface area (Å²) in [4.78, 5) is 5.32. The SMILES string of the molecule is CCCN(CCCN1CCCC1)CC1CCCN1. The van der Waals surface area contributed by atoms with Gasteiger partial charge >= 0.3 is 0 Å². The van der Waals surface area contributed by atoms with Crippen molar-refractivity contribution in [2.45, 2.75) is 51.5 Å². The fraction of sp³-hybridized carbons (Fsp3) is 1.00. The molecular weight excluding hydrogens is 222 g/mol. The first-order valence-corrected chi connectivity index (χ1v) is 8.06. The first-order chi connectivity index (χ1) is 8.88. The van der Waals surface area contributed by atoms with Gasteiger partial charge < -0.3 is 15.1 Å². The number of hydrogen-bond acceptors (Lipinski definition) is 3. The molecule has 2 aliphatic rings. The second-order valence-corrected chi connectivity index (χ2v) is 6.00. The molecule has 3 nitrogen and oxygen atoms in total. The largest absolute Gasteiger partial charge is 0.313 e. The summed E-state index contributed by atoms with van der Waals surface area (Å²) >= 11 is 0. The third-order valence-electron chi connectivity index (χ3n) is 4.33. The van der Waals surface area contributed by atoms with Gasteiger partial charge in [0, 0.05) is 12.6 Å². The third kappa shape index (κ3) is 4.87. The van der Waals surface area contributed by atoms with E-state index in [4.69, 9.17) is 0 Å². The molecule has 2 aliphatic heterocycles. The Bertz CT molecular complexity index is 208. The zero-order valence-electron chi connectivity index (χ0n) is 12.2. The number of hydrogen-bond donors (Lipinski definition) is 1. The molecule has 1 N–H and O–H groups in total. The average Bonchev–Trinajstić information content (AvgIpc) is 3.02. The molecule has 18 heavy (non-hydrogen) atoms. The van der Waals surface area contributed by atoms with Crippen molar-refractivity contribution in [3.63, 3.8) is 0 Å². The van der Waals surface area contributed by atoms with Crippen LogP contribution in [-0.2, 0) is 0 Å². The molecule has 0 spiro atoms. The van der Waals surface area contributed by atoms with Crippen molar-refractivity contribution in [2.24, 2.45) is 0 Å². The van der Waals surface area contributed by atoms with Crippen LogP contribution < -0.4 is 5.32 Å². The van der Waals surface area contributed by atoms with E-state index < -0.39 is 0 Å². The molecule has 0 amide bonds. The van der Waals surface area contributed by atoms with Crippen LogP contribution >= 0.6 is 0 Å². The van der Waals surface area contributed by atoms with Crippen molar-refractivity contribution in [3.05, 3.63) is 0 Å². The van der Waals surface area contributed by atoms with Crippen molar-refractivity contribution in [1.29, 1.82) is 0 Å². The number of likely N-dealkylation sites (tertiary alicyclic amines) is 1. The Balaban J connectivity index is 1.61. The van der Waals surface area contributed by atoms with Crippen LogP contribution in [0.4, 0.5) is 0 Å². The molecule has 0 radical (unpaired) electrons. The van der Waals surface area contributed by atoms with E-state index in [1.165, 1.54) is 84.3 Å². The van der Waals surface area contributed by atoms with Crippen LogP contribution in [0.2, 0.25) is 0 Å². The Morgan fingerprint density at radius 2 is 2.00 bits per heavy atom. The Kier molecular flexibility index (Phi) is 6.46. The standard InChI is InChI=1S/C15H31N3/c1-2-9-18(14-15-7-5-8-16-15)13-6-12-17-10-3-4-11-17/h15-16H,2-14H2,1H3. The van der Waals surface area contributed by atoms with Crippen LogP contribution in [0, 0.1) is 0 Å². The lowest BCUT2D eigenvalue weighted by atomic mass is 10.2. The molecule has 2 heterocycles. The highest BCUT2D eigenvalue weighted by Gasteiger charge is 2.17. The van der Waals surface area contributed by atoms with Gasteiger partial charge in [0.1, 0.15) is 0 Å². The van der Waals surface area contributed by atoms with Crippen molar-refractivity contribution < 1.29 is 0 Å². The van der Waals surface area contributed by atoms with E-state index in [1.54, 1.807) is 0 Å². The monoisotopic (exact) mass is 253 g/mol. The molecule has 0 aliphatic carbocycles. The Morgan fingerprint density at radius 1 is 1.17 bits per heavy atom. The highest BCUT2D eigenvalue weighted by Crippen LogP contribution is 2.10. The first-order valence-electron chi connectivity index (χ1n) is 8.06. The Hall–Kier alpha value is -0.120. The topological polar surface area (TPSA) is 18.5 Å². The molecule has 1 unspecified atom stereocenters. The van der Waals surface area contributed by atoms with E-state index in [9.17, 15) is 0 Å². The van der Waals surface area contributed by atoms with E-state index in [2.05, 4.69) is 22.0 Å². The van der Waals surface area contributed by atoms with Crippen LogP contribution in [-0.4, -0.2) is 61.7 Å². The lowest BCUT2D eigenvalue weighted by molar-refractivity contribution is 0.228. The van der Waals surface area contributed by atoms with Gasteiger partial charge in [-0.2, -0.15) is 0 Å². The van der Waals surface area contributed by atoms with Gasteiger partial charge in [-0.3, -0.25) is 0 Å². The van der Waals surface area contributed by atoms with Crippen LogP contribution in [0.15, 0.2) is 0 Å². The molecule has 0 saturated carbocycles. The molecule has 0 aromatic heterocycles. The van der Waals surface area contributed by atoms with E-state index in [0.29, 0.717) is 0 Å². The summed E-state index contributed by atoms with van der Waals surface area (Å²) in [5, 5.41) is 3.62.